The Labute approximate surface area is 86.1 Å². The van der Waals surface area contributed by atoms with Crippen LogP contribution in [0.5, 0.6) is 0 Å². The van der Waals surface area contributed by atoms with E-state index >= 15 is 0 Å². The van der Waals surface area contributed by atoms with Crippen LogP contribution in [0.2, 0.25) is 0 Å². The highest BCUT2D eigenvalue weighted by Gasteiger charge is 2.27. The molecule has 0 bridgehead atoms. The summed E-state index contributed by atoms with van der Waals surface area (Å²) in [6.07, 6.45) is 2.42. The zero-order valence-corrected chi connectivity index (χ0v) is 8.76. The van der Waals surface area contributed by atoms with Gasteiger partial charge in [-0.25, -0.2) is 4.98 Å². The average molecular weight is 212 g/mol. The molecule has 0 aliphatic heterocycles. The van der Waals surface area contributed by atoms with Crippen LogP contribution in [0.3, 0.4) is 0 Å². The van der Waals surface area contributed by atoms with Crippen molar-refractivity contribution < 1.29 is 9.53 Å². The fourth-order valence-corrected chi connectivity index (χ4v) is 2.64. The number of anilines is 1. The van der Waals surface area contributed by atoms with E-state index in [-0.39, 0.29) is 11.9 Å². The van der Waals surface area contributed by atoms with Crippen LogP contribution in [0.25, 0.3) is 0 Å². The molecule has 76 valence electrons. The second kappa shape index (κ2) is 3.57. The number of hydrogen-bond acceptors (Lipinski definition) is 5. The lowest BCUT2D eigenvalue weighted by atomic mass is 9.91. The molecule has 1 atom stereocenters. The maximum Gasteiger partial charge on any atom is 0.309 e. The third-order valence-electron chi connectivity index (χ3n) is 2.49. The molecule has 0 spiro atoms. The van der Waals surface area contributed by atoms with Gasteiger partial charge in [0.25, 0.3) is 0 Å². The molecule has 0 amide bonds. The van der Waals surface area contributed by atoms with Crippen LogP contribution in [-0.2, 0) is 22.4 Å². The van der Waals surface area contributed by atoms with Gasteiger partial charge in [-0.2, -0.15) is 0 Å². The maximum absolute atomic E-state index is 11.3. The molecule has 0 aromatic carbocycles. The number of hydrogen-bond donors (Lipinski definition) is 1. The van der Waals surface area contributed by atoms with E-state index in [0.717, 1.165) is 18.5 Å². The van der Waals surface area contributed by atoms with Crippen LogP contribution < -0.4 is 5.73 Å². The van der Waals surface area contributed by atoms with Crippen molar-refractivity contribution in [3.8, 4) is 0 Å². The Kier molecular flexibility index (Phi) is 2.41. The fourth-order valence-electron chi connectivity index (χ4n) is 1.77. The first kappa shape index (κ1) is 9.45. The standard InChI is InChI=1S/C9H12N2O2S/c1-13-8(12)5-2-3-7-6(4-5)11-9(10)14-7/h5H,2-4H2,1H3,(H2,10,11)/t5-/m0/s1. The van der Waals surface area contributed by atoms with E-state index in [9.17, 15) is 4.79 Å². The third-order valence-corrected chi connectivity index (χ3v) is 3.48. The molecule has 5 heteroatoms. The summed E-state index contributed by atoms with van der Waals surface area (Å²) in [5, 5.41) is 0.598. The van der Waals surface area contributed by atoms with Gasteiger partial charge in [0.2, 0.25) is 0 Å². The predicted octanol–water partition coefficient (Wildman–Crippen LogP) is 1.00. The quantitative estimate of drug-likeness (QED) is 0.705. The Morgan fingerprint density at radius 1 is 1.71 bits per heavy atom. The number of nitrogens with two attached hydrogens (primary N) is 1. The average Bonchev–Trinajstić information content (AvgIpc) is 2.55. The molecular weight excluding hydrogens is 200 g/mol. The summed E-state index contributed by atoms with van der Waals surface area (Å²) in [4.78, 5) is 16.7. The van der Waals surface area contributed by atoms with Crippen LogP contribution in [0.1, 0.15) is 17.0 Å². The van der Waals surface area contributed by atoms with Crippen molar-refractivity contribution in [3.63, 3.8) is 0 Å². The largest absolute Gasteiger partial charge is 0.469 e. The second-order valence-electron chi connectivity index (χ2n) is 3.38. The molecular formula is C9H12N2O2S. The number of esters is 1. The maximum atomic E-state index is 11.3. The van der Waals surface area contributed by atoms with Crippen molar-refractivity contribution in [3.05, 3.63) is 10.6 Å². The second-order valence-corrected chi connectivity index (χ2v) is 4.50. The van der Waals surface area contributed by atoms with Gasteiger partial charge in [-0.3, -0.25) is 4.79 Å². The number of carbonyl (C=O) groups is 1. The van der Waals surface area contributed by atoms with Crippen molar-refractivity contribution in [1.29, 1.82) is 0 Å². The van der Waals surface area contributed by atoms with Gasteiger partial charge < -0.3 is 10.5 Å². The molecule has 1 heterocycles. The number of thiazole rings is 1. The number of fused-ring (bicyclic) bond motifs is 1. The first-order valence-corrected chi connectivity index (χ1v) is 5.34. The lowest BCUT2D eigenvalue weighted by molar-refractivity contribution is -0.145. The summed E-state index contributed by atoms with van der Waals surface area (Å²) in [6, 6.07) is 0. The number of nitrogen functional groups attached to an aromatic ring is 1. The highest BCUT2D eigenvalue weighted by Crippen LogP contribution is 2.31. The molecule has 4 nitrogen and oxygen atoms in total. The molecule has 0 saturated carbocycles. The van der Waals surface area contributed by atoms with Crippen LogP contribution in [-0.4, -0.2) is 18.1 Å². The minimum absolute atomic E-state index is 0.0333. The molecule has 0 radical (unpaired) electrons. The summed E-state index contributed by atoms with van der Waals surface area (Å²) in [5.41, 5.74) is 6.58. The van der Waals surface area contributed by atoms with E-state index in [4.69, 9.17) is 10.5 Å². The summed E-state index contributed by atoms with van der Waals surface area (Å²) < 4.78 is 4.72. The smallest absolute Gasteiger partial charge is 0.309 e. The van der Waals surface area contributed by atoms with Gasteiger partial charge in [0.05, 0.1) is 18.7 Å². The minimum atomic E-state index is -0.137. The van der Waals surface area contributed by atoms with Crippen LogP contribution >= 0.6 is 11.3 Å². The van der Waals surface area contributed by atoms with Crippen LogP contribution in [0.4, 0.5) is 5.13 Å². The van der Waals surface area contributed by atoms with Gasteiger partial charge in [-0.05, 0) is 12.8 Å². The van der Waals surface area contributed by atoms with Crippen molar-refractivity contribution >= 4 is 22.4 Å². The summed E-state index contributed by atoms with van der Waals surface area (Å²) in [6.45, 7) is 0. The van der Waals surface area contributed by atoms with Crippen molar-refractivity contribution in [2.45, 2.75) is 19.3 Å². The number of nitrogens with zero attached hydrogens (tertiary/aromatic N) is 1. The normalized spacial score (nSPS) is 20.2. The molecule has 2 N–H and O–H groups in total. The molecule has 1 aliphatic rings. The molecule has 0 unspecified atom stereocenters. The number of methoxy groups -OCH3 is 1. The molecule has 1 aromatic rings. The Bertz CT molecular complexity index is 362. The van der Waals surface area contributed by atoms with Gasteiger partial charge in [-0.15, -0.1) is 11.3 Å². The first-order chi connectivity index (χ1) is 6.70. The third kappa shape index (κ3) is 1.59. The van der Waals surface area contributed by atoms with E-state index < -0.39 is 0 Å². The number of ether oxygens (including phenoxy) is 1. The Morgan fingerprint density at radius 2 is 2.50 bits per heavy atom. The van der Waals surface area contributed by atoms with Crippen molar-refractivity contribution in [1.82, 2.24) is 4.98 Å². The fraction of sp³-hybridized carbons (Fsp3) is 0.556. The Balaban J connectivity index is 2.16. The molecule has 0 fully saturated rings. The van der Waals surface area contributed by atoms with Crippen LogP contribution in [0.15, 0.2) is 0 Å². The van der Waals surface area contributed by atoms with Gasteiger partial charge in [0, 0.05) is 11.3 Å². The van der Waals surface area contributed by atoms with E-state index in [2.05, 4.69) is 4.98 Å². The minimum Gasteiger partial charge on any atom is -0.469 e. The number of aryl methyl sites for hydroxylation is 1. The van der Waals surface area contributed by atoms with E-state index in [1.54, 1.807) is 0 Å². The SMILES string of the molecule is COC(=O)[C@H]1CCc2sc(N)nc2C1. The zero-order valence-electron chi connectivity index (χ0n) is 7.95. The zero-order chi connectivity index (χ0) is 10.1. The van der Waals surface area contributed by atoms with E-state index in [1.807, 2.05) is 0 Å². The van der Waals surface area contributed by atoms with Crippen LogP contribution in [0, 0.1) is 5.92 Å². The molecule has 2 rings (SSSR count). The lowest BCUT2D eigenvalue weighted by Gasteiger charge is -2.18. The van der Waals surface area contributed by atoms with Crippen molar-refractivity contribution in [2.24, 2.45) is 5.92 Å². The summed E-state index contributed by atoms with van der Waals surface area (Å²) in [7, 11) is 1.42. The number of carbonyl (C=O) groups excluding carboxylic acids is 1. The summed E-state index contributed by atoms with van der Waals surface area (Å²) in [5.74, 6) is -0.170. The topological polar surface area (TPSA) is 65.2 Å². The molecule has 0 saturated heterocycles. The molecule has 1 aromatic heterocycles. The van der Waals surface area contributed by atoms with Crippen molar-refractivity contribution in [2.75, 3.05) is 12.8 Å². The van der Waals surface area contributed by atoms with Gasteiger partial charge in [0.15, 0.2) is 5.13 Å². The van der Waals surface area contributed by atoms with E-state index in [1.165, 1.54) is 23.3 Å². The lowest BCUT2D eigenvalue weighted by Crippen LogP contribution is -2.23. The molecule has 14 heavy (non-hydrogen) atoms. The predicted molar refractivity (Wildman–Crippen MR) is 54.1 cm³/mol. The highest BCUT2D eigenvalue weighted by atomic mass is 32.1. The highest BCUT2D eigenvalue weighted by molar-refractivity contribution is 7.15. The number of aromatic nitrogens is 1. The van der Waals surface area contributed by atoms with Gasteiger partial charge >= 0.3 is 5.97 Å². The Hall–Kier alpha value is -1.10. The van der Waals surface area contributed by atoms with Gasteiger partial charge in [-0.1, -0.05) is 0 Å². The Morgan fingerprint density at radius 3 is 3.21 bits per heavy atom. The summed E-state index contributed by atoms with van der Waals surface area (Å²) >= 11 is 1.53. The van der Waals surface area contributed by atoms with Gasteiger partial charge in [0.1, 0.15) is 0 Å². The van der Waals surface area contributed by atoms with E-state index in [0.29, 0.717) is 11.6 Å². The number of rotatable bonds is 1. The first-order valence-electron chi connectivity index (χ1n) is 4.52. The monoisotopic (exact) mass is 212 g/mol. The molecule has 1 aliphatic carbocycles.